The van der Waals surface area contributed by atoms with Crippen molar-refractivity contribution >= 4 is 13.3 Å². The zero-order valence-electron chi connectivity index (χ0n) is 24.7. The second-order valence-electron chi connectivity index (χ2n) is 12.2. The molecule has 0 spiro atoms. The fraction of sp³-hybridized carbons (Fsp3) is 0.613. The highest BCUT2D eigenvalue weighted by molar-refractivity contribution is 7.54. The fourth-order valence-electron chi connectivity index (χ4n) is 7.36. The number of hydrogen-bond donors (Lipinski definition) is 2. The van der Waals surface area contributed by atoms with E-state index in [0.29, 0.717) is 18.4 Å². The molecule has 0 amide bonds. The quantitative estimate of drug-likeness (QED) is 0.159. The van der Waals surface area contributed by atoms with Gasteiger partial charge in [-0.3, -0.25) is 20.0 Å². The van der Waals surface area contributed by atoms with Gasteiger partial charge in [0.2, 0.25) is 0 Å². The Hall–Kier alpha value is -2.25. The van der Waals surface area contributed by atoms with Crippen LogP contribution in [0.2, 0.25) is 0 Å². The van der Waals surface area contributed by atoms with Crippen molar-refractivity contribution in [2.24, 2.45) is 11.3 Å². The predicted molar refractivity (Wildman–Crippen MR) is 158 cm³/mol. The van der Waals surface area contributed by atoms with E-state index < -0.39 is 18.3 Å². The number of aromatic hydroxyl groups is 1. The maximum absolute atomic E-state index is 14.1. The van der Waals surface area contributed by atoms with Crippen LogP contribution in [0.5, 0.6) is 5.75 Å². The second-order valence-corrected chi connectivity index (χ2v) is 14.4. The summed E-state index contributed by atoms with van der Waals surface area (Å²) in [5.74, 6) is -0.376. The number of nitrogens with zero attached hydrogens (tertiary/aromatic N) is 1. The second kappa shape index (κ2) is 11.9. The Morgan fingerprint density at radius 2 is 1.82 bits per heavy atom. The summed E-state index contributed by atoms with van der Waals surface area (Å²) >= 11 is 0. The Morgan fingerprint density at radius 3 is 2.42 bits per heavy atom. The Balaban J connectivity index is 1.68. The van der Waals surface area contributed by atoms with Crippen LogP contribution in [0.1, 0.15) is 101 Å². The number of benzene rings is 2. The van der Waals surface area contributed by atoms with Gasteiger partial charge < -0.3 is 14.2 Å². The minimum absolute atomic E-state index is 0.0340. The van der Waals surface area contributed by atoms with Crippen molar-refractivity contribution in [2.75, 3.05) is 19.8 Å². The summed E-state index contributed by atoms with van der Waals surface area (Å²) in [7, 11) is -3.78. The monoisotopic (exact) mass is 572 g/mol. The predicted octanol–water partition coefficient (Wildman–Crippen LogP) is 7.99. The van der Waals surface area contributed by atoms with Crippen molar-refractivity contribution < 1.29 is 23.6 Å². The van der Waals surface area contributed by atoms with E-state index in [0.717, 1.165) is 38.2 Å². The molecular formula is C31H45N2O6P. The summed E-state index contributed by atoms with van der Waals surface area (Å²) in [4.78, 5) is 10.7. The highest BCUT2D eigenvalue weighted by atomic mass is 31.2. The van der Waals surface area contributed by atoms with E-state index in [-0.39, 0.29) is 41.0 Å². The Labute approximate surface area is 238 Å². The van der Waals surface area contributed by atoms with Crippen molar-refractivity contribution in [3.63, 3.8) is 0 Å². The topological polar surface area (TPSA) is 111 Å². The number of aryl methyl sites for hydroxylation is 1. The third-order valence-electron chi connectivity index (χ3n) is 9.32. The molecule has 220 valence electrons. The number of nitrogens with one attached hydrogen (secondary N) is 1. The van der Waals surface area contributed by atoms with Gasteiger partial charge in [0.25, 0.3) is 5.69 Å². The third-order valence-corrected chi connectivity index (χ3v) is 11.7. The minimum atomic E-state index is -3.78. The van der Waals surface area contributed by atoms with Gasteiger partial charge in [-0.25, -0.2) is 0 Å². The molecule has 2 aromatic rings. The average Bonchev–Trinajstić information content (AvgIpc) is 2.89. The first-order valence-electron chi connectivity index (χ1n) is 14.6. The van der Waals surface area contributed by atoms with Gasteiger partial charge in [0, 0.05) is 18.2 Å². The van der Waals surface area contributed by atoms with Gasteiger partial charge in [0.15, 0.2) is 0 Å². The molecule has 0 heterocycles. The van der Waals surface area contributed by atoms with Crippen LogP contribution in [0.3, 0.4) is 0 Å². The van der Waals surface area contributed by atoms with Gasteiger partial charge in [-0.15, -0.1) is 0 Å². The third kappa shape index (κ3) is 5.74. The van der Waals surface area contributed by atoms with Crippen molar-refractivity contribution in [3.05, 3.63) is 68.8 Å². The SMILES string of the molecule is CCOP(=O)(OCC)C(NC[C@]1(C)CCC[C@]2(C)c3ccc(C(C)C)cc3CC[C@@H]12)c1ccc([N+](=O)[O-])cc1O. The zero-order valence-corrected chi connectivity index (χ0v) is 25.6. The molecule has 4 atom stereocenters. The van der Waals surface area contributed by atoms with E-state index in [1.165, 1.54) is 28.8 Å². The summed E-state index contributed by atoms with van der Waals surface area (Å²) in [5.41, 5.74) is 4.26. The molecule has 0 aromatic heterocycles. The largest absolute Gasteiger partial charge is 0.507 e. The molecule has 2 aliphatic rings. The first-order valence-corrected chi connectivity index (χ1v) is 16.2. The number of fused-ring (bicyclic) bond motifs is 3. The Morgan fingerprint density at radius 1 is 1.12 bits per heavy atom. The van der Waals surface area contributed by atoms with Gasteiger partial charge in [0.05, 0.1) is 24.2 Å². The number of rotatable bonds is 11. The Bertz CT molecular complexity index is 1270. The first-order chi connectivity index (χ1) is 18.9. The molecule has 1 unspecified atom stereocenters. The van der Waals surface area contributed by atoms with Crippen LogP contribution in [0.4, 0.5) is 5.69 Å². The summed E-state index contributed by atoms with van der Waals surface area (Å²) in [6.45, 7) is 13.6. The normalized spacial score (nSPS) is 25.3. The van der Waals surface area contributed by atoms with Gasteiger partial charge in [-0.1, -0.05) is 52.3 Å². The number of phenolic OH excluding ortho intramolecular Hbond substituents is 1. The summed E-state index contributed by atoms with van der Waals surface area (Å²) in [6.07, 6.45) is 5.34. The summed E-state index contributed by atoms with van der Waals surface area (Å²) < 4.78 is 25.5. The standard InChI is InChI=1S/C31H45N2O6P/c1-7-38-40(37,39-8-2)29(25-13-12-24(33(35)36)19-27(25)34)32-20-30(5)16-9-17-31(6)26-14-10-22(21(3)4)18-23(26)11-15-28(30)31/h10,12-14,18-19,21,28-29,32,34H,7-9,11,15-17,20H2,1-6H3/t28-,29?,30-,31+/m0/s1. The molecule has 1 saturated carbocycles. The zero-order chi connectivity index (χ0) is 29.3. The minimum Gasteiger partial charge on any atom is -0.507 e. The average molecular weight is 573 g/mol. The van der Waals surface area contributed by atoms with Crippen LogP contribution < -0.4 is 5.32 Å². The molecule has 2 N–H and O–H groups in total. The van der Waals surface area contributed by atoms with Crippen LogP contribution in [0.25, 0.3) is 0 Å². The van der Waals surface area contributed by atoms with Gasteiger partial charge in [0.1, 0.15) is 11.5 Å². The van der Waals surface area contributed by atoms with E-state index >= 15 is 0 Å². The van der Waals surface area contributed by atoms with Crippen molar-refractivity contribution in [2.45, 2.75) is 90.8 Å². The number of non-ortho nitro benzene ring substituents is 1. The number of hydrogen-bond acceptors (Lipinski definition) is 7. The van der Waals surface area contributed by atoms with Crippen LogP contribution in [0, 0.1) is 21.4 Å². The lowest BCUT2D eigenvalue weighted by Crippen LogP contribution is -2.53. The molecule has 0 aliphatic heterocycles. The Kier molecular flexibility index (Phi) is 9.16. The number of nitro benzene ring substituents is 1. The molecule has 8 nitrogen and oxygen atoms in total. The molecule has 4 rings (SSSR count). The van der Waals surface area contributed by atoms with Gasteiger partial charge >= 0.3 is 7.60 Å². The lowest BCUT2D eigenvalue weighted by molar-refractivity contribution is -0.384. The number of nitro groups is 1. The van der Waals surface area contributed by atoms with Crippen molar-refractivity contribution in [1.82, 2.24) is 5.32 Å². The van der Waals surface area contributed by atoms with E-state index in [2.05, 4.69) is 51.2 Å². The highest BCUT2D eigenvalue weighted by Gasteiger charge is 2.52. The van der Waals surface area contributed by atoms with Crippen LogP contribution in [-0.4, -0.2) is 29.8 Å². The molecule has 0 radical (unpaired) electrons. The van der Waals surface area contributed by atoms with Crippen LogP contribution in [0.15, 0.2) is 36.4 Å². The van der Waals surface area contributed by atoms with Gasteiger partial charge in [-0.2, -0.15) is 0 Å². The molecule has 0 saturated heterocycles. The van der Waals surface area contributed by atoms with Crippen molar-refractivity contribution in [1.29, 1.82) is 0 Å². The molecule has 0 bridgehead atoms. The maximum atomic E-state index is 14.1. The molecule has 2 aromatic carbocycles. The number of phenols is 1. The van der Waals surface area contributed by atoms with E-state index in [1.54, 1.807) is 13.8 Å². The summed E-state index contributed by atoms with van der Waals surface area (Å²) in [5, 5.41) is 25.6. The van der Waals surface area contributed by atoms with E-state index in [1.807, 2.05) is 0 Å². The molecule has 9 heteroatoms. The van der Waals surface area contributed by atoms with Crippen molar-refractivity contribution in [3.8, 4) is 5.75 Å². The van der Waals surface area contributed by atoms with E-state index in [4.69, 9.17) is 9.05 Å². The highest BCUT2D eigenvalue weighted by Crippen LogP contribution is 2.62. The van der Waals surface area contributed by atoms with E-state index in [9.17, 15) is 19.8 Å². The van der Waals surface area contributed by atoms with Crippen LogP contribution >= 0.6 is 7.60 Å². The van der Waals surface area contributed by atoms with Gasteiger partial charge in [-0.05, 0) is 85.0 Å². The molecule has 2 aliphatic carbocycles. The van der Waals surface area contributed by atoms with Crippen LogP contribution in [-0.2, 0) is 25.4 Å². The fourth-order valence-corrected chi connectivity index (χ4v) is 9.33. The molecule has 1 fully saturated rings. The molecule has 40 heavy (non-hydrogen) atoms. The molecular weight excluding hydrogens is 527 g/mol. The first kappa shape index (κ1) is 30.7. The summed E-state index contributed by atoms with van der Waals surface area (Å²) in [6, 6.07) is 10.9. The lowest BCUT2D eigenvalue weighted by Gasteiger charge is -2.56. The maximum Gasteiger partial charge on any atom is 0.352 e. The smallest absolute Gasteiger partial charge is 0.352 e. The lowest BCUT2D eigenvalue weighted by atomic mass is 9.49.